The van der Waals surface area contributed by atoms with Gasteiger partial charge in [0, 0.05) is 6.42 Å². The van der Waals surface area contributed by atoms with Crippen molar-refractivity contribution in [3.05, 3.63) is 36.5 Å². The number of hydrogen-bond acceptors (Lipinski definition) is 13. The van der Waals surface area contributed by atoms with Gasteiger partial charge in [0.2, 0.25) is 5.91 Å². The molecule has 1 amide bonds. The minimum Gasteiger partial charge on any atom is -0.394 e. The van der Waals surface area contributed by atoms with E-state index in [9.17, 15) is 45.6 Å². The maximum absolute atomic E-state index is 13.2. The van der Waals surface area contributed by atoms with Crippen LogP contribution in [0.4, 0.5) is 0 Å². The summed E-state index contributed by atoms with van der Waals surface area (Å²) in [6, 6.07) is -0.909. The Kier molecular flexibility index (Phi) is 40.9. The van der Waals surface area contributed by atoms with Crippen molar-refractivity contribution in [2.24, 2.45) is 0 Å². The van der Waals surface area contributed by atoms with Gasteiger partial charge < -0.3 is 65.1 Å². The lowest BCUT2D eigenvalue weighted by atomic mass is 9.97. The molecule has 2 heterocycles. The molecular weight excluding hydrogens is 919 g/mol. The van der Waals surface area contributed by atoms with Crippen LogP contribution < -0.4 is 5.32 Å². The van der Waals surface area contributed by atoms with E-state index in [4.69, 9.17) is 18.9 Å². The van der Waals surface area contributed by atoms with Crippen molar-refractivity contribution in [3.8, 4) is 0 Å². The van der Waals surface area contributed by atoms with Crippen LogP contribution >= 0.6 is 0 Å². The van der Waals surface area contributed by atoms with Crippen molar-refractivity contribution in [2.75, 3.05) is 19.8 Å². The average Bonchev–Trinajstić information content (AvgIpc) is 3.38. The quantitative estimate of drug-likeness (QED) is 0.0205. The standard InChI is InChI=1S/C58H107NO13/c1-3-5-7-9-11-12-13-14-15-16-17-18-19-20-21-22-23-24-25-26-27-28-29-30-31-32-33-34-36-38-40-42-50(63)59-46(47(62)41-39-37-35-10-8-6-4-2)45-69-57-55(68)53(66)56(49(44-61)71-57)72-58-54(67)52(65)51(64)48(43-60)70-58/h13-14,16-17,39,41,46-49,51-58,60-62,64-68H,3-12,15,18-38,40,42-45H2,1-2H3,(H,59,63)/b14-13-,17-16-,41-39+. The van der Waals surface area contributed by atoms with Gasteiger partial charge >= 0.3 is 0 Å². The highest BCUT2D eigenvalue weighted by molar-refractivity contribution is 5.76. The molecule has 12 unspecified atom stereocenters. The summed E-state index contributed by atoms with van der Waals surface area (Å²) in [7, 11) is 0. The van der Waals surface area contributed by atoms with Crippen LogP contribution in [0.15, 0.2) is 36.5 Å². The van der Waals surface area contributed by atoms with Crippen molar-refractivity contribution in [1.82, 2.24) is 5.32 Å². The molecule has 0 saturated carbocycles. The molecule has 2 saturated heterocycles. The summed E-state index contributed by atoms with van der Waals surface area (Å²) in [5.74, 6) is -0.242. The number of amides is 1. The highest BCUT2D eigenvalue weighted by Gasteiger charge is 2.51. The Morgan fingerprint density at radius 1 is 0.500 bits per heavy atom. The minimum atomic E-state index is -1.79. The van der Waals surface area contributed by atoms with E-state index in [1.807, 2.05) is 6.08 Å². The molecule has 72 heavy (non-hydrogen) atoms. The molecule has 2 aliphatic heterocycles. The molecule has 0 bridgehead atoms. The van der Waals surface area contributed by atoms with E-state index < -0.39 is 86.8 Å². The molecule has 2 fully saturated rings. The summed E-state index contributed by atoms with van der Waals surface area (Å²) in [4.78, 5) is 13.2. The van der Waals surface area contributed by atoms with Crippen molar-refractivity contribution in [2.45, 2.75) is 306 Å². The summed E-state index contributed by atoms with van der Waals surface area (Å²) >= 11 is 0. The number of aliphatic hydroxyl groups is 8. The fourth-order valence-corrected chi connectivity index (χ4v) is 9.56. The third kappa shape index (κ3) is 30.1. The Balaban J connectivity index is 1.59. The average molecular weight is 1030 g/mol. The first kappa shape index (κ1) is 66.3. The molecule has 422 valence electrons. The number of rotatable bonds is 46. The molecule has 0 aromatic heterocycles. The predicted molar refractivity (Wildman–Crippen MR) is 286 cm³/mol. The van der Waals surface area contributed by atoms with Crippen LogP contribution in [0.3, 0.4) is 0 Å². The van der Waals surface area contributed by atoms with E-state index in [1.165, 1.54) is 148 Å². The third-order valence-electron chi connectivity index (χ3n) is 14.3. The molecule has 0 aromatic carbocycles. The topological polar surface area (TPSA) is 228 Å². The van der Waals surface area contributed by atoms with Crippen LogP contribution in [-0.4, -0.2) is 140 Å². The molecule has 12 atom stereocenters. The zero-order valence-corrected chi connectivity index (χ0v) is 45.2. The zero-order chi connectivity index (χ0) is 52.4. The predicted octanol–water partition coefficient (Wildman–Crippen LogP) is 9.44. The number of hydrogen-bond donors (Lipinski definition) is 9. The Bertz CT molecular complexity index is 1350. The summed E-state index contributed by atoms with van der Waals surface area (Å²) in [5.41, 5.74) is 0. The Hall–Kier alpha value is -1.79. The fraction of sp³-hybridized carbons (Fsp3) is 0.879. The van der Waals surface area contributed by atoms with Gasteiger partial charge in [-0.15, -0.1) is 0 Å². The van der Waals surface area contributed by atoms with Crippen molar-refractivity contribution < 1.29 is 64.6 Å². The largest absolute Gasteiger partial charge is 0.394 e. The normalized spacial score (nSPS) is 25.8. The van der Waals surface area contributed by atoms with Crippen molar-refractivity contribution in [1.29, 1.82) is 0 Å². The second-order valence-electron chi connectivity index (χ2n) is 20.8. The highest BCUT2D eigenvalue weighted by atomic mass is 16.7. The smallest absolute Gasteiger partial charge is 0.220 e. The molecule has 0 radical (unpaired) electrons. The van der Waals surface area contributed by atoms with E-state index >= 15 is 0 Å². The molecule has 2 aliphatic rings. The fourth-order valence-electron chi connectivity index (χ4n) is 9.56. The highest BCUT2D eigenvalue weighted by Crippen LogP contribution is 2.30. The summed E-state index contributed by atoms with van der Waals surface area (Å²) in [5, 5.41) is 86.6. The number of unbranched alkanes of at least 4 members (excludes halogenated alkanes) is 29. The lowest BCUT2D eigenvalue weighted by Gasteiger charge is -2.46. The van der Waals surface area contributed by atoms with Gasteiger partial charge in [-0.2, -0.15) is 0 Å². The number of nitrogens with one attached hydrogen (secondary N) is 1. The van der Waals surface area contributed by atoms with E-state index in [2.05, 4.69) is 43.5 Å². The van der Waals surface area contributed by atoms with Gasteiger partial charge in [0.15, 0.2) is 12.6 Å². The summed E-state index contributed by atoms with van der Waals surface area (Å²) < 4.78 is 22.6. The first-order chi connectivity index (χ1) is 35.1. The third-order valence-corrected chi connectivity index (χ3v) is 14.3. The number of allylic oxidation sites excluding steroid dienone is 5. The van der Waals surface area contributed by atoms with E-state index in [0.717, 1.165) is 57.8 Å². The van der Waals surface area contributed by atoms with E-state index in [-0.39, 0.29) is 18.9 Å². The SMILES string of the molecule is CCCCCCC/C=C\C/C=C\CCCCCCCCCCCCCCCCCCCCCC(=O)NC(COC1OC(CO)C(OC2OC(CO)C(O)C(O)C2O)C(O)C1O)C(O)/C=C/CCCCCCC. The van der Waals surface area contributed by atoms with Crippen molar-refractivity contribution >= 4 is 5.91 Å². The second kappa shape index (κ2) is 44.3. The van der Waals surface area contributed by atoms with Crippen LogP contribution in [-0.2, 0) is 23.7 Å². The van der Waals surface area contributed by atoms with Crippen molar-refractivity contribution in [3.63, 3.8) is 0 Å². The van der Waals surface area contributed by atoms with Gasteiger partial charge in [-0.3, -0.25) is 4.79 Å². The first-order valence-electron chi connectivity index (χ1n) is 29.2. The molecular formula is C58H107NO13. The number of carbonyl (C=O) groups is 1. The van der Waals surface area contributed by atoms with Gasteiger partial charge in [0.05, 0.1) is 32.0 Å². The zero-order valence-electron chi connectivity index (χ0n) is 45.2. The first-order valence-corrected chi connectivity index (χ1v) is 29.2. The van der Waals surface area contributed by atoms with Crippen LogP contribution in [0.5, 0.6) is 0 Å². The molecule has 0 spiro atoms. The molecule has 14 nitrogen and oxygen atoms in total. The Morgan fingerprint density at radius 2 is 0.917 bits per heavy atom. The van der Waals surface area contributed by atoms with Crippen LogP contribution in [0.25, 0.3) is 0 Å². The van der Waals surface area contributed by atoms with Gasteiger partial charge in [-0.25, -0.2) is 0 Å². The van der Waals surface area contributed by atoms with Gasteiger partial charge in [-0.1, -0.05) is 211 Å². The molecule has 14 heteroatoms. The molecule has 2 rings (SSSR count). The monoisotopic (exact) mass is 1030 g/mol. The number of carbonyl (C=O) groups excluding carboxylic acids is 1. The molecule has 9 N–H and O–H groups in total. The van der Waals surface area contributed by atoms with Gasteiger partial charge in [-0.05, 0) is 51.4 Å². The van der Waals surface area contributed by atoms with Crippen LogP contribution in [0.1, 0.15) is 232 Å². The number of ether oxygens (including phenoxy) is 4. The van der Waals surface area contributed by atoms with Gasteiger partial charge in [0.25, 0.3) is 0 Å². The minimum absolute atomic E-state index is 0.242. The number of aliphatic hydroxyl groups excluding tert-OH is 8. The Labute approximate surface area is 436 Å². The van der Waals surface area contributed by atoms with E-state index in [1.54, 1.807) is 6.08 Å². The summed E-state index contributed by atoms with van der Waals surface area (Å²) in [6.07, 6.45) is 36.7. The summed E-state index contributed by atoms with van der Waals surface area (Å²) in [6.45, 7) is 2.72. The lowest BCUT2D eigenvalue weighted by molar-refractivity contribution is -0.359. The molecule has 0 aliphatic carbocycles. The molecule has 0 aromatic rings. The van der Waals surface area contributed by atoms with Crippen LogP contribution in [0.2, 0.25) is 0 Å². The lowest BCUT2D eigenvalue weighted by Crippen LogP contribution is -2.65. The Morgan fingerprint density at radius 3 is 1.39 bits per heavy atom. The maximum Gasteiger partial charge on any atom is 0.220 e. The van der Waals surface area contributed by atoms with Crippen LogP contribution in [0, 0.1) is 0 Å². The second-order valence-corrected chi connectivity index (χ2v) is 20.8. The van der Waals surface area contributed by atoms with E-state index in [0.29, 0.717) is 6.42 Å². The maximum atomic E-state index is 13.2. The van der Waals surface area contributed by atoms with Gasteiger partial charge in [0.1, 0.15) is 48.8 Å².